The number of hydrogen-bond acceptors (Lipinski definition) is 5. The molecule has 0 radical (unpaired) electrons. The fraction of sp³-hybridized carbons (Fsp3) is 0.259. The van der Waals surface area contributed by atoms with E-state index in [2.05, 4.69) is 5.32 Å². The topological polar surface area (TPSA) is 93.4 Å². The maximum atomic E-state index is 13.7. The van der Waals surface area contributed by atoms with E-state index < -0.39 is 17.2 Å². The summed E-state index contributed by atoms with van der Waals surface area (Å²) >= 11 is 1.06. The molecule has 0 unspecified atom stereocenters. The Morgan fingerprint density at radius 3 is 2.28 bits per heavy atom. The Hall–Kier alpha value is -3.98. The van der Waals surface area contributed by atoms with E-state index in [9.17, 15) is 19.2 Å². The number of amides is 2. The van der Waals surface area contributed by atoms with Gasteiger partial charge in [0.2, 0.25) is 5.91 Å². The predicted octanol–water partition coefficient (Wildman–Crippen LogP) is 3.73. The number of benzene rings is 2. The summed E-state index contributed by atoms with van der Waals surface area (Å²) < 4.78 is 2.36. The number of aryl methyl sites for hydroxylation is 3. The first-order chi connectivity index (χ1) is 17.1. The van der Waals surface area contributed by atoms with Gasteiger partial charge in [-0.2, -0.15) is 0 Å². The van der Waals surface area contributed by atoms with Crippen LogP contribution >= 0.6 is 11.3 Å². The summed E-state index contributed by atoms with van der Waals surface area (Å²) in [6.07, 6.45) is 0.817. The molecule has 1 N–H and O–H groups in total. The van der Waals surface area contributed by atoms with Crippen LogP contribution in [0.3, 0.4) is 0 Å². The van der Waals surface area contributed by atoms with Gasteiger partial charge in [-0.3, -0.25) is 19.0 Å². The van der Waals surface area contributed by atoms with Gasteiger partial charge in [-0.15, -0.1) is 11.3 Å². The van der Waals surface area contributed by atoms with Gasteiger partial charge in [0, 0.05) is 19.8 Å². The summed E-state index contributed by atoms with van der Waals surface area (Å²) in [6, 6.07) is 14.5. The molecule has 0 atom stereocenters. The van der Waals surface area contributed by atoms with Gasteiger partial charge in [0.05, 0.1) is 16.0 Å². The third-order valence-electron chi connectivity index (χ3n) is 6.14. The highest BCUT2D eigenvalue weighted by Gasteiger charge is 2.25. The minimum Gasteiger partial charge on any atom is -0.344 e. The minimum absolute atomic E-state index is 0.257. The molecule has 0 aliphatic carbocycles. The largest absolute Gasteiger partial charge is 0.344 e. The van der Waals surface area contributed by atoms with Crippen LogP contribution < -0.4 is 16.6 Å². The highest BCUT2D eigenvalue weighted by molar-refractivity contribution is 7.20. The van der Waals surface area contributed by atoms with Gasteiger partial charge >= 0.3 is 5.69 Å². The molecule has 9 heteroatoms. The Bertz CT molecular complexity index is 1590. The van der Waals surface area contributed by atoms with Gasteiger partial charge in [0.15, 0.2) is 0 Å². The van der Waals surface area contributed by atoms with Gasteiger partial charge in [-0.05, 0) is 55.2 Å². The van der Waals surface area contributed by atoms with Gasteiger partial charge in [-0.1, -0.05) is 37.3 Å². The summed E-state index contributed by atoms with van der Waals surface area (Å²) in [5, 5.41) is 3.10. The Kier molecular flexibility index (Phi) is 6.94. The average molecular weight is 505 g/mol. The van der Waals surface area contributed by atoms with Crippen molar-refractivity contribution in [2.24, 2.45) is 0 Å². The molecule has 0 saturated carbocycles. The second kappa shape index (κ2) is 9.94. The number of aromatic nitrogens is 2. The van der Waals surface area contributed by atoms with Crippen molar-refractivity contribution in [3.05, 3.63) is 90.9 Å². The lowest BCUT2D eigenvalue weighted by molar-refractivity contribution is -0.116. The lowest BCUT2D eigenvalue weighted by Crippen LogP contribution is -2.40. The second-order valence-electron chi connectivity index (χ2n) is 8.83. The van der Waals surface area contributed by atoms with Crippen molar-refractivity contribution in [1.82, 2.24) is 14.0 Å². The van der Waals surface area contributed by atoms with Gasteiger partial charge < -0.3 is 10.2 Å². The zero-order valence-corrected chi connectivity index (χ0v) is 21.7. The molecule has 2 amide bonds. The summed E-state index contributed by atoms with van der Waals surface area (Å²) in [5.41, 5.74) is 2.34. The third-order valence-corrected chi connectivity index (χ3v) is 7.44. The number of para-hydroxylation sites is 1. The smallest absolute Gasteiger partial charge is 0.337 e. The van der Waals surface area contributed by atoms with Crippen molar-refractivity contribution in [2.45, 2.75) is 33.7 Å². The number of rotatable bonds is 6. The monoisotopic (exact) mass is 504 g/mol. The first-order valence-corrected chi connectivity index (χ1v) is 12.4. The maximum Gasteiger partial charge on any atom is 0.337 e. The van der Waals surface area contributed by atoms with Crippen LogP contribution in [0.1, 0.15) is 33.3 Å². The molecule has 0 fully saturated rings. The van der Waals surface area contributed by atoms with Crippen molar-refractivity contribution in [2.75, 3.05) is 19.4 Å². The zero-order chi connectivity index (χ0) is 26.1. The van der Waals surface area contributed by atoms with E-state index in [1.54, 1.807) is 39.2 Å². The highest BCUT2D eigenvalue weighted by Crippen LogP contribution is 2.29. The number of nitrogens with one attached hydrogen (secondary N) is 1. The molecule has 4 rings (SSSR count). The SMILES string of the molecule is CCc1ccc(-n2c(=O)c3c(C)c(C(=O)N(C)C)sc3n(CC(=O)Nc3ccccc3C)c2=O)cc1. The van der Waals surface area contributed by atoms with E-state index in [4.69, 9.17) is 0 Å². The fourth-order valence-electron chi connectivity index (χ4n) is 4.05. The van der Waals surface area contributed by atoms with E-state index in [0.717, 1.165) is 33.5 Å². The van der Waals surface area contributed by atoms with Crippen LogP contribution in [-0.4, -0.2) is 39.9 Å². The standard InChI is InChI=1S/C27H28N4O4S/c1-6-18-11-13-19(14-12-18)31-24(33)22-17(3)23(25(34)29(4)5)36-26(22)30(27(31)35)15-21(32)28-20-10-8-7-9-16(20)2/h7-14H,6,15H2,1-5H3,(H,28,32). The van der Waals surface area contributed by atoms with Crippen LogP contribution in [0.2, 0.25) is 0 Å². The lowest BCUT2D eigenvalue weighted by atomic mass is 10.1. The van der Waals surface area contributed by atoms with Crippen LogP contribution in [-0.2, 0) is 17.8 Å². The molecule has 8 nitrogen and oxygen atoms in total. The fourth-order valence-corrected chi connectivity index (χ4v) is 5.36. The number of carbonyl (C=O) groups excluding carboxylic acids is 2. The van der Waals surface area contributed by atoms with E-state index in [1.165, 1.54) is 9.47 Å². The molecule has 2 aromatic heterocycles. The van der Waals surface area contributed by atoms with Crippen molar-refractivity contribution in [3.8, 4) is 5.69 Å². The van der Waals surface area contributed by atoms with Crippen LogP contribution in [0, 0.1) is 13.8 Å². The summed E-state index contributed by atoms with van der Waals surface area (Å²) in [4.78, 5) is 55.3. The Balaban J connectivity index is 1.93. The summed E-state index contributed by atoms with van der Waals surface area (Å²) in [6.45, 7) is 5.28. The van der Waals surface area contributed by atoms with Crippen molar-refractivity contribution in [3.63, 3.8) is 0 Å². The molecule has 0 spiro atoms. The predicted molar refractivity (Wildman–Crippen MR) is 144 cm³/mol. The van der Waals surface area contributed by atoms with Crippen molar-refractivity contribution < 1.29 is 9.59 Å². The first-order valence-electron chi connectivity index (χ1n) is 11.6. The Morgan fingerprint density at radius 1 is 1.00 bits per heavy atom. The van der Waals surface area contributed by atoms with E-state index >= 15 is 0 Å². The average Bonchev–Trinajstić information content (AvgIpc) is 3.20. The highest BCUT2D eigenvalue weighted by atomic mass is 32.1. The van der Waals surface area contributed by atoms with Crippen LogP contribution in [0.25, 0.3) is 15.9 Å². The molecule has 0 saturated heterocycles. The molecule has 0 bridgehead atoms. The molecule has 0 aliphatic rings. The molecule has 4 aromatic rings. The van der Waals surface area contributed by atoms with Gasteiger partial charge in [0.25, 0.3) is 11.5 Å². The molecular formula is C27H28N4O4S. The quantitative estimate of drug-likeness (QED) is 0.433. The van der Waals surface area contributed by atoms with E-state index in [0.29, 0.717) is 26.6 Å². The zero-order valence-electron chi connectivity index (χ0n) is 20.9. The maximum absolute atomic E-state index is 13.7. The molecular weight excluding hydrogens is 476 g/mol. The molecule has 2 aromatic carbocycles. The van der Waals surface area contributed by atoms with Gasteiger partial charge in [0.1, 0.15) is 11.4 Å². The van der Waals surface area contributed by atoms with E-state index in [1.807, 2.05) is 44.2 Å². The molecule has 2 heterocycles. The number of nitrogens with zero attached hydrogens (tertiary/aromatic N) is 3. The van der Waals surface area contributed by atoms with Crippen LogP contribution in [0.4, 0.5) is 5.69 Å². The number of anilines is 1. The molecule has 186 valence electrons. The van der Waals surface area contributed by atoms with Gasteiger partial charge in [-0.25, -0.2) is 9.36 Å². The molecule has 0 aliphatic heterocycles. The van der Waals surface area contributed by atoms with Crippen molar-refractivity contribution >= 4 is 39.1 Å². The van der Waals surface area contributed by atoms with Crippen LogP contribution in [0.15, 0.2) is 58.1 Å². The number of carbonyl (C=O) groups is 2. The van der Waals surface area contributed by atoms with Crippen LogP contribution in [0.5, 0.6) is 0 Å². The Labute approximate surface area is 212 Å². The first kappa shape index (κ1) is 25.1. The number of fused-ring (bicyclic) bond motifs is 1. The molecule has 36 heavy (non-hydrogen) atoms. The third kappa shape index (κ3) is 4.49. The Morgan fingerprint density at radius 2 is 1.67 bits per heavy atom. The minimum atomic E-state index is -0.637. The summed E-state index contributed by atoms with van der Waals surface area (Å²) in [5.74, 6) is -0.680. The summed E-state index contributed by atoms with van der Waals surface area (Å²) in [7, 11) is 3.25. The normalized spacial score (nSPS) is 11.0. The van der Waals surface area contributed by atoms with E-state index in [-0.39, 0.29) is 17.8 Å². The number of thiophene rings is 1. The lowest BCUT2D eigenvalue weighted by Gasteiger charge is -2.13. The second-order valence-corrected chi connectivity index (χ2v) is 9.83. The van der Waals surface area contributed by atoms with Crippen molar-refractivity contribution in [1.29, 1.82) is 0 Å². The number of hydrogen-bond donors (Lipinski definition) is 1.